The van der Waals surface area contributed by atoms with Crippen molar-refractivity contribution in [2.24, 2.45) is 0 Å². The van der Waals surface area contributed by atoms with Gasteiger partial charge in [0.15, 0.2) is 22.7 Å². The van der Waals surface area contributed by atoms with Crippen LogP contribution >= 0.6 is 0 Å². The molecule has 37 heavy (non-hydrogen) atoms. The molecule has 7 rings (SSSR count). The fraction of sp³-hybridized carbons (Fsp3) is 0. The van der Waals surface area contributed by atoms with E-state index < -0.39 is 0 Å². The highest BCUT2D eigenvalue weighted by molar-refractivity contribution is 6.41. The van der Waals surface area contributed by atoms with Crippen molar-refractivity contribution in [2.75, 3.05) is 4.90 Å². The van der Waals surface area contributed by atoms with Crippen molar-refractivity contribution >= 4 is 56.8 Å². The summed E-state index contributed by atoms with van der Waals surface area (Å²) < 4.78 is 12.2. The zero-order valence-electron chi connectivity index (χ0n) is 19.5. The molecule has 0 atom stereocenters. The van der Waals surface area contributed by atoms with Gasteiger partial charge in [0.05, 0.1) is 11.0 Å². The molecule has 0 saturated heterocycles. The van der Waals surface area contributed by atoms with Crippen molar-refractivity contribution in [1.29, 1.82) is 0 Å². The van der Waals surface area contributed by atoms with Gasteiger partial charge in [0.1, 0.15) is 11.3 Å². The number of furan rings is 2. The van der Waals surface area contributed by atoms with E-state index in [1.165, 1.54) is 6.08 Å². The number of hydrogen-bond donors (Lipinski definition) is 0. The number of para-hydroxylation sites is 2. The van der Waals surface area contributed by atoms with Crippen LogP contribution in [0.2, 0.25) is 0 Å². The molecule has 176 valence electrons. The van der Waals surface area contributed by atoms with Crippen LogP contribution in [-0.4, -0.2) is 11.6 Å². The second-order valence-corrected chi connectivity index (χ2v) is 8.89. The number of anilines is 3. The molecule has 2 heterocycles. The lowest BCUT2D eigenvalue weighted by atomic mass is 10.1. The number of benzene rings is 4. The Morgan fingerprint density at radius 3 is 1.78 bits per heavy atom. The minimum atomic E-state index is -0.287. The molecule has 0 radical (unpaired) electrons. The molecule has 4 aromatic carbocycles. The van der Waals surface area contributed by atoms with Gasteiger partial charge in [0, 0.05) is 40.3 Å². The molecule has 1 aliphatic carbocycles. The Morgan fingerprint density at radius 2 is 1.16 bits per heavy atom. The Labute approximate surface area is 211 Å². The van der Waals surface area contributed by atoms with Gasteiger partial charge < -0.3 is 13.7 Å². The fourth-order valence-corrected chi connectivity index (χ4v) is 4.91. The van der Waals surface area contributed by atoms with Crippen LogP contribution in [0, 0.1) is 0 Å². The van der Waals surface area contributed by atoms with Gasteiger partial charge >= 0.3 is 0 Å². The van der Waals surface area contributed by atoms with Crippen molar-refractivity contribution in [1.82, 2.24) is 0 Å². The van der Waals surface area contributed by atoms with Crippen LogP contribution in [0.5, 0.6) is 0 Å². The predicted molar refractivity (Wildman–Crippen MR) is 144 cm³/mol. The molecule has 0 fully saturated rings. The average Bonchev–Trinajstić information content (AvgIpc) is 3.56. The van der Waals surface area contributed by atoms with E-state index in [0.717, 1.165) is 22.4 Å². The van der Waals surface area contributed by atoms with Crippen LogP contribution < -0.4 is 4.90 Å². The average molecular weight is 482 g/mol. The third-order valence-electron chi connectivity index (χ3n) is 6.63. The molecule has 5 heteroatoms. The van der Waals surface area contributed by atoms with Crippen molar-refractivity contribution in [2.45, 2.75) is 0 Å². The molecule has 0 bridgehead atoms. The first-order valence-corrected chi connectivity index (χ1v) is 11.9. The van der Waals surface area contributed by atoms with E-state index in [0.29, 0.717) is 33.6 Å². The summed E-state index contributed by atoms with van der Waals surface area (Å²) in [5, 5.41) is 0.817. The molecule has 0 N–H and O–H groups in total. The number of carbonyl (C=O) groups is 2. The monoisotopic (exact) mass is 481 g/mol. The molecule has 2 aromatic heterocycles. The summed E-state index contributed by atoms with van der Waals surface area (Å²) in [7, 11) is 0. The summed E-state index contributed by atoms with van der Waals surface area (Å²) >= 11 is 0. The number of allylic oxidation sites excluding steroid dienone is 1. The predicted octanol–water partition coefficient (Wildman–Crippen LogP) is 8.11. The van der Waals surface area contributed by atoms with Gasteiger partial charge in [-0.1, -0.05) is 60.7 Å². The van der Waals surface area contributed by atoms with Gasteiger partial charge in [0.25, 0.3) is 0 Å². The molecule has 0 saturated carbocycles. The normalized spacial score (nSPS) is 12.9. The Balaban J connectivity index is 1.29. The molecule has 6 aromatic rings. The molecule has 0 aliphatic heterocycles. The Bertz CT molecular complexity index is 1780. The minimum absolute atomic E-state index is 0.102. The number of ketones is 2. The van der Waals surface area contributed by atoms with Gasteiger partial charge in [-0.25, -0.2) is 0 Å². The van der Waals surface area contributed by atoms with Gasteiger partial charge in [-0.15, -0.1) is 0 Å². The maximum Gasteiger partial charge on any atom is 0.197 e. The highest BCUT2D eigenvalue weighted by atomic mass is 16.4. The zero-order valence-corrected chi connectivity index (χ0v) is 19.5. The zero-order chi connectivity index (χ0) is 24.9. The fourth-order valence-electron chi connectivity index (χ4n) is 4.91. The van der Waals surface area contributed by atoms with Crippen LogP contribution in [0.15, 0.2) is 124 Å². The van der Waals surface area contributed by atoms with E-state index in [2.05, 4.69) is 29.2 Å². The third-order valence-corrected chi connectivity index (χ3v) is 6.63. The van der Waals surface area contributed by atoms with E-state index in [4.69, 9.17) is 8.83 Å². The van der Waals surface area contributed by atoms with Crippen molar-refractivity contribution in [3.63, 3.8) is 0 Å². The highest BCUT2D eigenvalue weighted by Gasteiger charge is 2.33. The van der Waals surface area contributed by atoms with Crippen LogP contribution in [0.3, 0.4) is 0 Å². The largest absolute Gasteiger partial charge is 0.452 e. The van der Waals surface area contributed by atoms with Gasteiger partial charge in [-0.3, -0.25) is 9.59 Å². The maximum atomic E-state index is 12.8. The quantitative estimate of drug-likeness (QED) is 0.188. The van der Waals surface area contributed by atoms with Crippen LogP contribution in [0.25, 0.3) is 28.2 Å². The Hall–Kier alpha value is -5.16. The molecule has 1 aliphatic rings. The number of nitrogens with zero attached hydrogens (tertiary/aromatic N) is 1. The van der Waals surface area contributed by atoms with Crippen molar-refractivity contribution in [3.05, 3.63) is 132 Å². The number of fused-ring (bicyclic) bond motifs is 4. The third kappa shape index (κ3) is 3.40. The molecule has 0 unspecified atom stereocenters. The molecule has 0 spiro atoms. The first-order chi connectivity index (χ1) is 18.2. The lowest BCUT2D eigenvalue weighted by Gasteiger charge is -2.25. The lowest BCUT2D eigenvalue weighted by molar-refractivity contribution is 0.0990. The summed E-state index contributed by atoms with van der Waals surface area (Å²) in [6, 6.07) is 34.9. The van der Waals surface area contributed by atoms with Gasteiger partial charge in [0.2, 0.25) is 0 Å². The van der Waals surface area contributed by atoms with Crippen LogP contribution in [0.4, 0.5) is 17.1 Å². The van der Waals surface area contributed by atoms with Crippen LogP contribution in [0.1, 0.15) is 26.5 Å². The molecular formula is C32H19NO4. The van der Waals surface area contributed by atoms with E-state index in [-0.39, 0.29) is 17.1 Å². The first kappa shape index (κ1) is 21.1. The summed E-state index contributed by atoms with van der Waals surface area (Å²) in [4.78, 5) is 27.7. The SMILES string of the molecule is O=C1C(=Cc2cc3oc4cc(N(c5ccccc5)c5ccccc5)ccc4c3o2)C(=O)c2ccccc21. The second-order valence-electron chi connectivity index (χ2n) is 8.89. The summed E-state index contributed by atoms with van der Waals surface area (Å²) in [6.45, 7) is 0. The number of Topliss-reactive ketones (excluding diaryl/α,β-unsaturated/α-hetero) is 2. The Kier molecular flexibility index (Phi) is 4.69. The van der Waals surface area contributed by atoms with E-state index >= 15 is 0 Å². The van der Waals surface area contributed by atoms with Crippen molar-refractivity contribution < 1.29 is 18.4 Å². The maximum absolute atomic E-state index is 12.8. The Morgan fingerprint density at radius 1 is 0.568 bits per heavy atom. The minimum Gasteiger partial charge on any atom is -0.452 e. The standard InChI is InChI=1S/C32H19NO4/c34-30-24-13-7-8-14-25(24)31(35)27(30)18-23-19-29-32(36-23)26-16-15-22(17-28(26)37-29)33(20-9-3-1-4-10-20)21-11-5-2-6-12-21/h1-19H. The van der Waals surface area contributed by atoms with E-state index in [1.807, 2.05) is 54.6 Å². The van der Waals surface area contributed by atoms with Gasteiger partial charge in [-0.05, 0) is 42.5 Å². The number of hydrogen-bond acceptors (Lipinski definition) is 5. The number of carbonyl (C=O) groups excluding carboxylic acids is 2. The van der Waals surface area contributed by atoms with Crippen LogP contribution in [-0.2, 0) is 0 Å². The molecule has 5 nitrogen and oxygen atoms in total. The summed E-state index contributed by atoms with van der Waals surface area (Å²) in [5.41, 5.74) is 5.78. The van der Waals surface area contributed by atoms with E-state index in [1.54, 1.807) is 30.3 Å². The van der Waals surface area contributed by atoms with E-state index in [9.17, 15) is 9.59 Å². The summed E-state index contributed by atoms with van der Waals surface area (Å²) in [6.07, 6.45) is 1.51. The smallest absolute Gasteiger partial charge is 0.197 e. The second kappa shape index (κ2) is 8.21. The highest BCUT2D eigenvalue weighted by Crippen LogP contribution is 2.39. The number of rotatable bonds is 4. The van der Waals surface area contributed by atoms with Gasteiger partial charge in [-0.2, -0.15) is 0 Å². The summed E-state index contributed by atoms with van der Waals surface area (Å²) in [5.74, 6) is -0.172. The lowest BCUT2D eigenvalue weighted by Crippen LogP contribution is -2.09. The van der Waals surface area contributed by atoms with Crippen molar-refractivity contribution in [3.8, 4) is 0 Å². The molecule has 0 amide bonds. The topological polar surface area (TPSA) is 63.7 Å². The molecular weight excluding hydrogens is 462 g/mol. The first-order valence-electron chi connectivity index (χ1n) is 11.9.